The minimum absolute atomic E-state index is 0.207. The zero-order valence-corrected chi connectivity index (χ0v) is 28.7. The summed E-state index contributed by atoms with van der Waals surface area (Å²) in [7, 11) is 0. The monoisotopic (exact) mass is 623 g/mol. The predicted octanol–water partition coefficient (Wildman–Crippen LogP) is 6.28. The topological polar surface area (TPSA) is 114 Å². The normalized spacial score (nSPS) is 13.8. The molecule has 0 bridgehead atoms. The average molecular weight is 624 g/mol. The number of hydrogen-bond donors (Lipinski definition) is 2. The lowest BCUT2D eigenvalue weighted by molar-refractivity contribution is -0.159. The van der Waals surface area contributed by atoms with Crippen molar-refractivity contribution in [1.29, 1.82) is 0 Å². The molecular weight excluding hydrogens is 570 g/mol. The number of nitrogens with zero attached hydrogens (tertiary/aromatic N) is 1. The van der Waals surface area contributed by atoms with Gasteiger partial charge < -0.3 is 25.0 Å². The molecule has 9 heteroatoms. The molecule has 3 amide bonds. The van der Waals surface area contributed by atoms with Gasteiger partial charge in [0.2, 0.25) is 11.8 Å². The van der Waals surface area contributed by atoms with Crippen LogP contribution in [0.1, 0.15) is 97.9 Å². The molecule has 0 saturated heterocycles. The van der Waals surface area contributed by atoms with Crippen LogP contribution in [0, 0.1) is 12.8 Å². The lowest BCUT2D eigenvalue weighted by Gasteiger charge is -2.37. The number of aryl methyl sites for hydroxylation is 1. The summed E-state index contributed by atoms with van der Waals surface area (Å²) in [5.74, 6) is -1.16. The Bertz CT molecular complexity index is 1280. The van der Waals surface area contributed by atoms with E-state index in [1.807, 2.05) is 62.4 Å². The van der Waals surface area contributed by atoms with E-state index in [4.69, 9.17) is 9.47 Å². The summed E-state index contributed by atoms with van der Waals surface area (Å²) in [6.07, 6.45) is 0.931. The Balaban J connectivity index is 2.55. The van der Waals surface area contributed by atoms with E-state index in [1.54, 1.807) is 47.6 Å². The molecule has 0 spiro atoms. The van der Waals surface area contributed by atoms with Crippen LogP contribution in [0.15, 0.2) is 54.6 Å². The predicted molar refractivity (Wildman–Crippen MR) is 176 cm³/mol. The number of alkyl carbamates (subject to hydrolysis) is 1. The Morgan fingerprint density at radius 1 is 0.822 bits per heavy atom. The van der Waals surface area contributed by atoms with E-state index >= 15 is 0 Å². The molecule has 0 aliphatic rings. The second kappa shape index (κ2) is 16.4. The molecule has 9 nitrogen and oxygen atoms in total. The maximum atomic E-state index is 14.4. The Morgan fingerprint density at radius 2 is 1.44 bits per heavy atom. The Hall–Kier alpha value is -3.88. The molecular formula is C36H53N3O6. The number of nitrogens with one attached hydrogen (secondary N) is 2. The van der Waals surface area contributed by atoms with Crippen molar-refractivity contribution in [3.8, 4) is 0 Å². The van der Waals surface area contributed by atoms with Crippen LogP contribution in [0.5, 0.6) is 0 Å². The van der Waals surface area contributed by atoms with Gasteiger partial charge in [-0.25, -0.2) is 9.59 Å². The average Bonchev–Trinajstić information content (AvgIpc) is 2.91. The highest BCUT2D eigenvalue weighted by Gasteiger charge is 2.37. The van der Waals surface area contributed by atoms with Gasteiger partial charge in [0.25, 0.3) is 0 Å². The molecule has 0 saturated carbocycles. The minimum Gasteiger partial charge on any atom is -0.458 e. The Labute approximate surface area is 269 Å². The van der Waals surface area contributed by atoms with Gasteiger partial charge in [-0.2, -0.15) is 0 Å². The highest BCUT2D eigenvalue weighted by atomic mass is 16.6. The molecule has 3 atom stereocenters. The highest BCUT2D eigenvalue weighted by Crippen LogP contribution is 2.28. The van der Waals surface area contributed by atoms with Crippen LogP contribution in [-0.2, 0) is 30.3 Å². The molecule has 2 aromatic rings. The summed E-state index contributed by atoms with van der Waals surface area (Å²) in [4.78, 5) is 55.8. The lowest BCUT2D eigenvalue weighted by Crippen LogP contribution is -2.54. The van der Waals surface area contributed by atoms with Crippen LogP contribution >= 0.6 is 0 Å². The number of carbonyl (C=O) groups is 4. The highest BCUT2D eigenvalue weighted by molar-refractivity contribution is 5.93. The Kier molecular flexibility index (Phi) is 13.6. The van der Waals surface area contributed by atoms with Gasteiger partial charge in [-0.1, -0.05) is 74.0 Å². The number of carbonyl (C=O) groups excluding carboxylic acids is 4. The van der Waals surface area contributed by atoms with Gasteiger partial charge >= 0.3 is 12.1 Å². The third kappa shape index (κ3) is 13.3. The van der Waals surface area contributed by atoms with Crippen molar-refractivity contribution in [3.63, 3.8) is 0 Å². The fourth-order valence-corrected chi connectivity index (χ4v) is 4.86. The van der Waals surface area contributed by atoms with Gasteiger partial charge in [0.1, 0.15) is 29.8 Å². The Morgan fingerprint density at radius 3 is 2.00 bits per heavy atom. The molecule has 248 valence electrons. The van der Waals surface area contributed by atoms with Crippen molar-refractivity contribution >= 4 is 23.9 Å². The molecule has 0 aliphatic heterocycles. The molecule has 0 aliphatic carbocycles. The molecule has 0 fully saturated rings. The molecule has 45 heavy (non-hydrogen) atoms. The number of amides is 3. The van der Waals surface area contributed by atoms with Crippen molar-refractivity contribution in [2.75, 3.05) is 6.54 Å². The second-order valence-corrected chi connectivity index (χ2v) is 14.1. The SMILES string of the molecule is Cc1cccc(C(C(=O)NC(Cc2ccccc2)C(=O)OC(C)(C)C)N(C(=O)CNC(=O)OC(C)(C)C)C(C)CCC(C)C)c1. The van der Waals surface area contributed by atoms with Crippen molar-refractivity contribution in [2.24, 2.45) is 5.92 Å². The van der Waals surface area contributed by atoms with Gasteiger partial charge in [0.05, 0.1) is 0 Å². The van der Waals surface area contributed by atoms with Crippen LogP contribution in [-0.4, -0.2) is 58.6 Å². The summed E-state index contributed by atoms with van der Waals surface area (Å²) in [6.45, 7) is 18.2. The van der Waals surface area contributed by atoms with Crippen molar-refractivity contribution in [1.82, 2.24) is 15.5 Å². The zero-order chi connectivity index (χ0) is 33.9. The standard InChI is InChI=1S/C36H53N3O6/c1-24(2)19-20-26(4)39(30(40)23-37-34(43)45-36(8,9)10)31(28-18-14-15-25(3)21-28)32(41)38-29(33(42)44-35(5,6)7)22-27-16-12-11-13-17-27/h11-18,21,24,26,29,31H,19-20,22-23H2,1-10H3,(H,37,43)(H,38,41). The first-order valence-electron chi connectivity index (χ1n) is 15.8. The number of hydrogen-bond acceptors (Lipinski definition) is 6. The molecule has 0 aromatic heterocycles. The first kappa shape index (κ1) is 37.3. The largest absolute Gasteiger partial charge is 0.458 e. The van der Waals surface area contributed by atoms with Gasteiger partial charge in [0, 0.05) is 12.5 Å². The van der Waals surface area contributed by atoms with E-state index < -0.39 is 47.2 Å². The van der Waals surface area contributed by atoms with Crippen LogP contribution in [0.2, 0.25) is 0 Å². The second-order valence-electron chi connectivity index (χ2n) is 14.1. The molecule has 2 rings (SSSR count). The van der Waals surface area contributed by atoms with Crippen LogP contribution in [0.4, 0.5) is 4.79 Å². The fourth-order valence-electron chi connectivity index (χ4n) is 4.86. The van der Waals surface area contributed by atoms with Crippen molar-refractivity contribution in [3.05, 3.63) is 71.3 Å². The third-order valence-corrected chi connectivity index (χ3v) is 6.88. The number of ether oxygens (including phenoxy) is 2. The van der Waals surface area contributed by atoms with Gasteiger partial charge in [-0.15, -0.1) is 0 Å². The smallest absolute Gasteiger partial charge is 0.408 e. The summed E-state index contributed by atoms with van der Waals surface area (Å²) in [5.41, 5.74) is 0.842. The van der Waals surface area contributed by atoms with Crippen molar-refractivity contribution in [2.45, 2.75) is 118 Å². The number of esters is 1. The molecule has 2 N–H and O–H groups in total. The van der Waals surface area contributed by atoms with Crippen LogP contribution in [0.3, 0.4) is 0 Å². The van der Waals surface area contributed by atoms with E-state index in [-0.39, 0.29) is 19.0 Å². The van der Waals surface area contributed by atoms with E-state index in [0.717, 1.165) is 17.5 Å². The zero-order valence-electron chi connectivity index (χ0n) is 28.7. The van der Waals surface area contributed by atoms with E-state index in [2.05, 4.69) is 24.5 Å². The van der Waals surface area contributed by atoms with Crippen LogP contribution in [0.25, 0.3) is 0 Å². The fraction of sp³-hybridized carbons (Fsp3) is 0.556. The minimum atomic E-state index is -1.08. The molecule has 3 unspecified atom stereocenters. The lowest BCUT2D eigenvalue weighted by atomic mass is 9.96. The van der Waals surface area contributed by atoms with E-state index in [1.165, 1.54) is 4.90 Å². The summed E-state index contributed by atoms with van der Waals surface area (Å²) in [6, 6.07) is 14.3. The summed E-state index contributed by atoms with van der Waals surface area (Å²) >= 11 is 0. The number of benzene rings is 2. The summed E-state index contributed by atoms with van der Waals surface area (Å²) < 4.78 is 11.0. The van der Waals surface area contributed by atoms with Crippen molar-refractivity contribution < 1.29 is 28.7 Å². The summed E-state index contributed by atoms with van der Waals surface area (Å²) in [5, 5.41) is 5.49. The van der Waals surface area contributed by atoms with E-state index in [0.29, 0.717) is 17.9 Å². The maximum Gasteiger partial charge on any atom is 0.408 e. The van der Waals surface area contributed by atoms with Crippen LogP contribution < -0.4 is 10.6 Å². The quantitative estimate of drug-likeness (QED) is 0.254. The first-order valence-corrected chi connectivity index (χ1v) is 15.8. The first-order chi connectivity index (χ1) is 20.9. The molecule has 0 radical (unpaired) electrons. The van der Waals surface area contributed by atoms with Gasteiger partial charge in [-0.3, -0.25) is 9.59 Å². The maximum absolute atomic E-state index is 14.4. The van der Waals surface area contributed by atoms with E-state index in [9.17, 15) is 19.2 Å². The van der Waals surface area contributed by atoms with Gasteiger partial charge in [0.15, 0.2) is 0 Å². The number of rotatable bonds is 13. The molecule has 2 aromatic carbocycles. The third-order valence-electron chi connectivity index (χ3n) is 6.88. The molecule has 0 heterocycles. The van der Waals surface area contributed by atoms with Gasteiger partial charge in [-0.05, 0) is 85.3 Å².